The van der Waals surface area contributed by atoms with E-state index in [9.17, 15) is 13.2 Å². The van der Waals surface area contributed by atoms with Crippen LogP contribution in [0.2, 0.25) is 10.0 Å². The molecule has 0 bridgehead atoms. The minimum absolute atomic E-state index is 0.0534. The summed E-state index contributed by atoms with van der Waals surface area (Å²) in [4.78, 5) is 14.4. The fourth-order valence-corrected chi connectivity index (χ4v) is 5.30. The number of sulfone groups is 1. The maximum atomic E-state index is 12.1. The molecule has 0 saturated carbocycles. The Bertz CT molecular complexity index is 649. The first kappa shape index (κ1) is 16.9. The van der Waals surface area contributed by atoms with E-state index in [-0.39, 0.29) is 29.2 Å². The van der Waals surface area contributed by atoms with Gasteiger partial charge in [-0.2, -0.15) is 0 Å². The van der Waals surface area contributed by atoms with Crippen molar-refractivity contribution in [1.29, 1.82) is 0 Å². The maximum absolute atomic E-state index is 12.1. The molecule has 0 aliphatic carbocycles. The van der Waals surface area contributed by atoms with Crippen molar-refractivity contribution in [2.75, 3.05) is 24.3 Å². The third kappa shape index (κ3) is 4.52. The third-order valence-electron chi connectivity index (χ3n) is 3.39. The number of benzene rings is 1. The number of amides is 1. The molecule has 1 heterocycles. The van der Waals surface area contributed by atoms with E-state index in [2.05, 4.69) is 0 Å². The van der Waals surface area contributed by atoms with E-state index >= 15 is 0 Å². The lowest BCUT2D eigenvalue weighted by atomic mass is 10.2. The highest BCUT2D eigenvalue weighted by atomic mass is 35.5. The van der Waals surface area contributed by atoms with E-state index in [4.69, 9.17) is 23.2 Å². The number of thioether (sulfide) groups is 1. The molecule has 1 amide bonds. The van der Waals surface area contributed by atoms with Crippen LogP contribution < -0.4 is 0 Å². The summed E-state index contributed by atoms with van der Waals surface area (Å²) in [6.45, 7) is 0. The minimum atomic E-state index is -2.99. The maximum Gasteiger partial charge on any atom is 0.232 e. The van der Waals surface area contributed by atoms with Gasteiger partial charge in [-0.15, -0.1) is 11.8 Å². The molecule has 8 heteroatoms. The van der Waals surface area contributed by atoms with Crippen LogP contribution in [-0.2, 0) is 14.6 Å². The summed E-state index contributed by atoms with van der Waals surface area (Å²) in [5.74, 6) is 0.297. The Morgan fingerprint density at radius 2 is 2.14 bits per heavy atom. The molecule has 21 heavy (non-hydrogen) atoms. The van der Waals surface area contributed by atoms with Crippen molar-refractivity contribution in [3.05, 3.63) is 28.2 Å². The standard InChI is InChI=1S/C13H15Cl2NO3S2/c1-16(10-4-5-21(18,19)8-10)13(17)7-20-12-6-9(14)2-3-11(12)15/h2-3,6,10H,4-5,7-8H2,1H3/t10-/m1/s1. The second-order valence-corrected chi connectivity index (χ2v) is 9.01. The molecule has 1 atom stereocenters. The van der Waals surface area contributed by atoms with E-state index in [0.29, 0.717) is 16.5 Å². The van der Waals surface area contributed by atoms with Crippen LogP contribution in [0.5, 0.6) is 0 Å². The van der Waals surface area contributed by atoms with E-state index in [1.807, 2.05) is 0 Å². The van der Waals surface area contributed by atoms with Crippen molar-refractivity contribution >= 4 is 50.7 Å². The van der Waals surface area contributed by atoms with Gasteiger partial charge in [0, 0.05) is 23.0 Å². The number of carbonyl (C=O) groups excluding carboxylic acids is 1. The molecule has 1 aromatic carbocycles. The Morgan fingerprint density at radius 3 is 2.76 bits per heavy atom. The summed E-state index contributed by atoms with van der Waals surface area (Å²) >= 11 is 13.2. The van der Waals surface area contributed by atoms with Gasteiger partial charge in [-0.05, 0) is 24.6 Å². The first-order valence-electron chi connectivity index (χ1n) is 6.32. The van der Waals surface area contributed by atoms with Crippen LogP contribution in [-0.4, -0.2) is 49.6 Å². The predicted molar refractivity (Wildman–Crippen MR) is 87.0 cm³/mol. The van der Waals surface area contributed by atoms with Crippen LogP contribution in [0.1, 0.15) is 6.42 Å². The van der Waals surface area contributed by atoms with Crippen molar-refractivity contribution < 1.29 is 13.2 Å². The lowest BCUT2D eigenvalue weighted by Crippen LogP contribution is -2.38. The number of hydrogen-bond donors (Lipinski definition) is 0. The average Bonchev–Trinajstić information content (AvgIpc) is 2.79. The Kier molecular flexibility index (Phi) is 5.46. The topological polar surface area (TPSA) is 54.5 Å². The molecule has 1 aliphatic rings. The zero-order chi connectivity index (χ0) is 15.6. The van der Waals surface area contributed by atoms with Crippen LogP contribution in [0.25, 0.3) is 0 Å². The molecule has 0 N–H and O–H groups in total. The monoisotopic (exact) mass is 367 g/mol. The molecule has 0 aromatic heterocycles. The summed E-state index contributed by atoms with van der Waals surface area (Å²) < 4.78 is 22.9. The van der Waals surface area contributed by atoms with E-state index in [1.54, 1.807) is 25.2 Å². The molecular formula is C13H15Cl2NO3S2. The summed E-state index contributed by atoms with van der Waals surface area (Å²) in [6.07, 6.45) is 0.507. The van der Waals surface area contributed by atoms with Gasteiger partial charge >= 0.3 is 0 Å². The Balaban J connectivity index is 1.94. The van der Waals surface area contributed by atoms with Gasteiger partial charge in [0.1, 0.15) is 0 Å². The first-order valence-corrected chi connectivity index (χ1v) is 9.89. The molecule has 1 aromatic rings. The van der Waals surface area contributed by atoms with E-state index < -0.39 is 9.84 Å². The Morgan fingerprint density at radius 1 is 1.43 bits per heavy atom. The molecule has 2 rings (SSSR count). The molecule has 1 fully saturated rings. The van der Waals surface area contributed by atoms with Crippen LogP contribution in [0, 0.1) is 0 Å². The number of rotatable bonds is 4. The van der Waals surface area contributed by atoms with Crippen LogP contribution >= 0.6 is 35.0 Å². The Labute approximate surface area is 138 Å². The largest absolute Gasteiger partial charge is 0.341 e. The second kappa shape index (κ2) is 6.77. The molecule has 0 unspecified atom stereocenters. The quantitative estimate of drug-likeness (QED) is 0.767. The highest BCUT2D eigenvalue weighted by molar-refractivity contribution is 8.00. The van der Waals surface area contributed by atoms with E-state index in [1.165, 1.54) is 16.7 Å². The van der Waals surface area contributed by atoms with Crippen molar-refractivity contribution in [3.8, 4) is 0 Å². The molecular weight excluding hydrogens is 353 g/mol. The molecule has 0 spiro atoms. The van der Waals surface area contributed by atoms with Gasteiger partial charge in [-0.1, -0.05) is 23.2 Å². The van der Waals surface area contributed by atoms with Crippen LogP contribution in [0.4, 0.5) is 0 Å². The fraction of sp³-hybridized carbons (Fsp3) is 0.462. The highest BCUT2D eigenvalue weighted by Gasteiger charge is 2.32. The average molecular weight is 368 g/mol. The van der Waals surface area contributed by atoms with Gasteiger partial charge < -0.3 is 4.90 Å². The normalized spacial score (nSPS) is 20.4. The summed E-state index contributed by atoms with van der Waals surface area (Å²) in [5.41, 5.74) is 0. The SMILES string of the molecule is CN(C(=O)CSc1cc(Cl)ccc1Cl)[C@@H]1CCS(=O)(=O)C1. The summed E-state index contributed by atoms with van der Waals surface area (Å²) in [7, 11) is -1.35. The van der Waals surface area contributed by atoms with Gasteiger partial charge in [0.25, 0.3) is 0 Å². The van der Waals surface area contributed by atoms with Gasteiger partial charge in [-0.3, -0.25) is 4.79 Å². The number of carbonyl (C=O) groups is 1. The minimum Gasteiger partial charge on any atom is -0.341 e. The fourth-order valence-electron chi connectivity index (χ4n) is 2.11. The third-order valence-corrected chi connectivity index (χ3v) is 6.86. The zero-order valence-electron chi connectivity index (χ0n) is 11.4. The Hall–Kier alpha value is -0.430. The predicted octanol–water partition coefficient (Wildman–Crippen LogP) is 2.73. The lowest BCUT2D eigenvalue weighted by molar-refractivity contribution is -0.128. The number of hydrogen-bond acceptors (Lipinski definition) is 4. The smallest absolute Gasteiger partial charge is 0.232 e. The van der Waals surface area contributed by atoms with Crippen molar-refractivity contribution in [3.63, 3.8) is 0 Å². The molecule has 1 aliphatic heterocycles. The van der Waals surface area contributed by atoms with Gasteiger partial charge in [0.05, 0.1) is 22.3 Å². The lowest BCUT2D eigenvalue weighted by Gasteiger charge is -2.23. The molecule has 4 nitrogen and oxygen atoms in total. The first-order chi connectivity index (χ1) is 9.78. The van der Waals surface area contributed by atoms with Crippen molar-refractivity contribution in [2.45, 2.75) is 17.4 Å². The number of nitrogens with zero attached hydrogens (tertiary/aromatic N) is 1. The summed E-state index contributed by atoms with van der Waals surface area (Å²) in [6, 6.07) is 4.86. The molecule has 0 radical (unpaired) electrons. The number of halogens is 2. The molecule has 1 saturated heterocycles. The van der Waals surface area contributed by atoms with Crippen LogP contribution in [0.3, 0.4) is 0 Å². The van der Waals surface area contributed by atoms with Crippen molar-refractivity contribution in [1.82, 2.24) is 4.90 Å². The highest BCUT2D eigenvalue weighted by Crippen LogP contribution is 2.30. The van der Waals surface area contributed by atoms with Gasteiger partial charge in [-0.25, -0.2) is 8.42 Å². The van der Waals surface area contributed by atoms with Crippen molar-refractivity contribution in [2.24, 2.45) is 0 Å². The zero-order valence-corrected chi connectivity index (χ0v) is 14.5. The van der Waals surface area contributed by atoms with Crippen LogP contribution in [0.15, 0.2) is 23.1 Å². The van der Waals surface area contributed by atoms with E-state index in [0.717, 1.165) is 4.90 Å². The second-order valence-electron chi connectivity index (χ2n) is 4.92. The van der Waals surface area contributed by atoms with Gasteiger partial charge in [0.15, 0.2) is 9.84 Å². The molecule has 116 valence electrons. The van der Waals surface area contributed by atoms with Gasteiger partial charge in [0.2, 0.25) is 5.91 Å². The summed E-state index contributed by atoms with van der Waals surface area (Å²) in [5, 5.41) is 1.10.